The number of para-hydroxylation sites is 3. The molecule has 35 heteroatoms. The van der Waals surface area contributed by atoms with E-state index in [4.69, 9.17) is 81.8 Å². The molecule has 7 N–H and O–H groups in total. The topological polar surface area (TPSA) is 434 Å². The van der Waals surface area contributed by atoms with E-state index in [1.807, 2.05) is 135 Å². The van der Waals surface area contributed by atoms with Crippen LogP contribution in [0.25, 0.3) is 65.8 Å². The van der Waals surface area contributed by atoms with Gasteiger partial charge in [0.1, 0.15) is 93.5 Å². The van der Waals surface area contributed by atoms with Crippen molar-refractivity contribution in [3.63, 3.8) is 0 Å². The fraction of sp³-hybridized carbons (Fsp3) is 0.629. The number of imide groups is 1. The van der Waals surface area contributed by atoms with Crippen LogP contribution in [0.3, 0.4) is 0 Å². The first-order valence-electron chi connectivity index (χ1n) is 46.6. The third-order valence-corrected chi connectivity index (χ3v) is 23.7. The minimum absolute atomic E-state index is 0.0676. The largest absolute Gasteiger partial charge is 0.464 e. The Morgan fingerprint density at radius 3 is 1.08 bits per heavy atom. The number of ether oxygens (including phenoxy) is 12. The number of nitrogens with one attached hydrogen (secondary N) is 2. The van der Waals surface area contributed by atoms with E-state index in [1.54, 1.807) is 41.5 Å². The Balaban J connectivity index is 0.000000247. The van der Waals surface area contributed by atoms with Crippen LogP contribution in [-0.4, -0.2) is 243 Å². The number of benzene rings is 3. The molecular formula is C97H136N12O23. The lowest BCUT2D eigenvalue weighted by atomic mass is 9.87. The summed E-state index contributed by atoms with van der Waals surface area (Å²) in [5.41, 5.74) is 2.10. The van der Waals surface area contributed by atoms with Crippen LogP contribution in [-0.2, 0) is 125 Å². The lowest BCUT2D eigenvalue weighted by Gasteiger charge is -2.39. The number of fused-ring (bicyclic) bond motifs is 9. The molecule has 4 amide bonds. The second-order valence-corrected chi connectivity index (χ2v) is 38.0. The van der Waals surface area contributed by atoms with E-state index in [2.05, 4.69) is 15.6 Å². The lowest BCUT2D eigenvalue weighted by molar-refractivity contribution is -0.269. The standard InChI is InChI=1S/C59H80N8O14.C21H24N4O5.C17H32O4/c1-9-74-29-45-62-51-53(66(45)35-57(3,4)72)41-21-11-13-23-43(41)60-55(51)64-47(68)31-76-33-49(70)78-27-37-17-15-19-39(25-37)80-59(7,8)81-40-20-16-18-38(26-40)28-79-50(71)34-77-32-48(69)65-56-52-54(42-22-12-14-24-44(42)61-56)67(36-58(5,6)73)46(63-52)30-75-10-2;1-4-29-9-15-23-18-19(24(15)12-21(2,3)28)13-7-5-6-8-14(13)22-20(18)25-16(26)10-30-11-17(25)27;1-17(2,20-15-7-3-5-13(9-15)11-18)21-16-8-4-6-14(10-16)12-19/h11-14,21-24,37-40,72-73H,9-10,15-20,25-36H2,1-8H3,(H,60,64,68)(H,61,65,69);5-8,28H,4,9-12H2,1-3H3;13-16,18-19H,3-12H2,1-2H3. The number of amides is 4. The van der Waals surface area contributed by atoms with Crippen molar-refractivity contribution >= 4 is 119 Å². The van der Waals surface area contributed by atoms with Gasteiger partial charge < -0.3 is 107 Å². The second kappa shape index (κ2) is 46.3. The number of hydrogen-bond acceptors (Lipinski definition) is 29. The molecule has 8 unspecified atom stereocenters. The van der Waals surface area contributed by atoms with Crippen LogP contribution in [0.15, 0.2) is 72.8 Å². The third-order valence-electron chi connectivity index (χ3n) is 23.7. The van der Waals surface area contributed by atoms with Gasteiger partial charge in [0.25, 0.3) is 23.6 Å². The molecule has 14 rings (SSSR count). The number of esters is 2. The molecule has 4 aliphatic carbocycles. The first kappa shape index (κ1) is 102. The Bertz CT molecular complexity index is 5150. The molecule has 0 spiro atoms. The number of aliphatic hydroxyl groups excluding tert-OH is 2. The van der Waals surface area contributed by atoms with Crippen LogP contribution in [0.2, 0.25) is 0 Å². The zero-order chi connectivity index (χ0) is 94.7. The van der Waals surface area contributed by atoms with Crippen molar-refractivity contribution in [2.24, 2.45) is 23.7 Å². The zero-order valence-corrected chi connectivity index (χ0v) is 78.9. The molecule has 4 saturated carbocycles. The van der Waals surface area contributed by atoms with Crippen LogP contribution in [0.1, 0.15) is 210 Å². The van der Waals surface area contributed by atoms with Crippen molar-refractivity contribution in [2.45, 2.75) is 285 Å². The van der Waals surface area contributed by atoms with Crippen molar-refractivity contribution < 1.29 is 111 Å². The normalized spacial score (nSPS) is 20.2. The quantitative estimate of drug-likeness (QED) is 0.0107. The van der Waals surface area contributed by atoms with Crippen LogP contribution in [0.5, 0.6) is 0 Å². The summed E-state index contributed by atoms with van der Waals surface area (Å²) in [6.07, 6.45) is 15.2. The fourth-order valence-electron chi connectivity index (χ4n) is 18.3. The van der Waals surface area contributed by atoms with Crippen molar-refractivity contribution in [1.29, 1.82) is 0 Å². The minimum atomic E-state index is -1.07. The number of rotatable bonds is 40. The highest BCUT2D eigenvalue weighted by molar-refractivity contribution is 6.21. The Morgan fingerprint density at radius 1 is 0.417 bits per heavy atom. The Kier molecular flexibility index (Phi) is 35.7. The van der Waals surface area contributed by atoms with Gasteiger partial charge in [-0.2, -0.15) is 0 Å². The Morgan fingerprint density at radius 2 is 0.735 bits per heavy atom. The van der Waals surface area contributed by atoms with Crippen molar-refractivity contribution in [3.05, 3.63) is 90.3 Å². The molecule has 722 valence electrons. The molecule has 132 heavy (non-hydrogen) atoms. The van der Waals surface area contributed by atoms with Crippen molar-refractivity contribution in [3.8, 4) is 0 Å². The van der Waals surface area contributed by atoms with E-state index in [-0.39, 0.29) is 133 Å². The van der Waals surface area contributed by atoms with Crippen LogP contribution in [0.4, 0.5) is 17.5 Å². The number of aliphatic hydroxyl groups is 5. The molecule has 1 saturated heterocycles. The van der Waals surface area contributed by atoms with E-state index >= 15 is 0 Å². The number of aromatic nitrogens is 9. The molecule has 35 nitrogen and oxygen atoms in total. The minimum Gasteiger partial charge on any atom is -0.464 e. The Labute approximate surface area is 770 Å². The number of anilines is 3. The summed E-state index contributed by atoms with van der Waals surface area (Å²) in [6.45, 7) is 25.4. The van der Waals surface area contributed by atoms with Gasteiger partial charge in [-0.15, -0.1) is 0 Å². The smallest absolute Gasteiger partial charge is 0.332 e. The molecule has 7 heterocycles. The molecule has 3 aromatic carbocycles. The van der Waals surface area contributed by atoms with E-state index < -0.39 is 90.4 Å². The number of imidazole rings is 3. The summed E-state index contributed by atoms with van der Waals surface area (Å²) in [5.74, 6) is -1.40. The summed E-state index contributed by atoms with van der Waals surface area (Å²) in [7, 11) is 0. The van der Waals surface area contributed by atoms with E-state index in [1.165, 1.54) is 0 Å². The van der Waals surface area contributed by atoms with Crippen molar-refractivity contribution in [1.82, 2.24) is 43.6 Å². The first-order chi connectivity index (χ1) is 63.0. The number of nitrogens with zero attached hydrogens (tertiary/aromatic N) is 10. The summed E-state index contributed by atoms with van der Waals surface area (Å²) in [5, 5.41) is 58.8. The SMILES string of the molecule is CC(C)(OC1CCCC(CO)C1)OC1CCCC(CO)C1.CCOCc1nc2c(N3C(=O)COCC3=O)nc3ccccc3c2n1CC(C)(C)O.CCOCc1nc2c(NC(=O)COCC(=O)OCC3CCCC(OC(C)(C)OC4CCCC(COC(=O)COCC(=O)Nc5nc6ccccc6c6c5nc(COCC)n6CC(C)(C)O)C4)C3)nc3ccccc3c2n1CC(C)(C)O. The molecule has 8 atom stereocenters. The predicted molar refractivity (Wildman–Crippen MR) is 494 cm³/mol. The highest BCUT2D eigenvalue weighted by Crippen LogP contribution is 2.40. The Hall–Kier alpha value is -9.28. The highest BCUT2D eigenvalue weighted by Gasteiger charge is 2.39. The van der Waals surface area contributed by atoms with Crippen LogP contribution in [0, 0.1) is 23.7 Å². The summed E-state index contributed by atoms with van der Waals surface area (Å²) >= 11 is 0. The monoisotopic (exact) mass is 1840 g/mol. The van der Waals surface area contributed by atoms with Gasteiger partial charge in [-0.1, -0.05) is 80.3 Å². The predicted octanol–water partition coefficient (Wildman–Crippen LogP) is 12.3. The van der Waals surface area contributed by atoms with Gasteiger partial charge in [0.15, 0.2) is 29.0 Å². The number of hydrogen-bond donors (Lipinski definition) is 7. The van der Waals surface area contributed by atoms with Gasteiger partial charge >= 0.3 is 11.9 Å². The van der Waals surface area contributed by atoms with Gasteiger partial charge in [0.05, 0.1) is 107 Å². The van der Waals surface area contributed by atoms with Crippen LogP contribution < -0.4 is 15.5 Å². The number of morpholine rings is 1. The second-order valence-electron chi connectivity index (χ2n) is 38.0. The zero-order valence-electron chi connectivity index (χ0n) is 78.9. The van der Waals surface area contributed by atoms with E-state index in [0.29, 0.717) is 112 Å². The van der Waals surface area contributed by atoms with Crippen LogP contribution >= 0.6 is 0 Å². The molecule has 0 bridgehead atoms. The van der Waals surface area contributed by atoms with Gasteiger partial charge in [-0.3, -0.25) is 19.2 Å². The average Bonchev–Trinajstić information content (AvgIpc) is 1.58. The number of carbonyl (C=O) groups excluding carboxylic acids is 6. The molecule has 0 radical (unpaired) electrons. The maximum Gasteiger partial charge on any atom is 0.332 e. The third kappa shape index (κ3) is 28.4. The first-order valence-corrected chi connectivity index (χ1v) is 46.6. The molecule has 5 aliphatic rings. The summed E-state index contributed by atoms with van der Waals surface area (Å²) in [6, 6.07) is 22.5. The maximum atomic E-state index is 13.2. The maximum absolute atomic E-state index is 13.2. The average molecular weight is 1840 g/mol. The summed E-state index contributed by atoms with van der Waals surface area (Å²) < 4.78 is 75.4. The van der Waals surface area contributed by atoms with E-state index in [9.17, 15) is 54.3 Å². The number of pyridine rings is 3. The highest BCUT2D eigenvalue weighted by atomic mass is 16.7. The van der Waals surface area contributed by atoms with Gasteiger partial charge in [-0.05, 0) is 209 Å². The van der Waals surface area contributed by atoms with Gasteiger partial charge in [0.2, 0.25) is 0 Å². The van der Waals surface area contributed by atoms with Crippen molar-refractivity contribution in [2.75, 3.05) is 101 Å². The van der Waals surface area contributed by atoms with Gasteiger partial charge in [0, 0.05) is 49.2 Å². The summed E-state index contributed by atoms with van der Waals surface area (Å²) in [4.78, 5) is 106. The molecule has 1 aliphatic heterocycles. The number of carbonyl (C=O) groups is 6. The molecule has 5 fully saturated rings. The van der Waals surface area contributed by atoms with E-state index in [0.717, 1.165) is 111 Å². The van der Waals surface area contributed by atoms with Gasteiger partial charge in [-0.25, -0.2) is 44.4 Å². The molecular weight excluding hydrogens is 1700 g/mol. The lowest BCUT2D eigenvalue weighted by Crippen LogP contribution is -2.46. The fourth-order valence-corrected chi connectivity index (χ4v) is 18.3. The molecule has 6 aromatic heterocycles. The molecule has 9 aromatic rings.